The second-order valence-corrected chi connectivity index (χ2v) is 4.10. The van der Waals surface area contributed by atoms with Crippen LogP contribution in [0, 0.1) is 5.82 Å². The van der Waals surface area contributed by atoms with Gasteiger partial charge in [-0.1, -0.05) is 0 Å². The molecule has 3 N–H and O–H groups in total. The number of methoxy groups -OCH3 is 1. The molecule has 0 spiro atoms. The molecule has 1 aromatic heterocycles. The number of anilines is 1. The lowest BCUT2D eigenvalue weighted by molar-refractivity contribution is 0.360. The maximum atomic E-state index is 13.1. The molecule has 2 aromatic rings. The first-order valence-electron chi connectivity index (χ1n) is 5.02. The standard InChI is InChI=1S/C10H9BrFN5O2/c1-18-9-14-8(17-13)15-10(16-9)19-5-2-3-7(12)6(11)4-5/h2-4H,13H2,1H3,(H,14,15,16,17). The molecule has 0 unspecified atom stereocenters. The lowest BCUT2D eigenvalue weighted by atomic mass is 10.3. The Balaban J connectivity index is 2.29. The van der Waals surface area contributed by atoms with E-state index in [0.29, 0.717) is 5.75 Å². The van der Waals surface area contributed by atoms with Crippen molar-refractivity contribution < 1.29 is 13.9 Å². The normalized spacial score (nSPS) is 10.1. The third-order valence-corrected chi connectivity index (χ3v) is 2.61. The average molecular weight is 330 g/mol. The number of nitrogen functional groups attached to an aromatic ring is 1. The fourth-order valence-electron chi connectivity index (χ4n) is 1.19. The number of rotatable bonds is 4. The van der Waals surface area contributed by atoms with Gasteiger partial charge in [0.1, 0.15) is 11.6 Å². The molecule has 0 bridgehead atoms. The van der Waals surface area contributed by atoms with Gasteiger partial charge in [-0.25, -0.2) is 10.2 Å². The smallest absolute Gasteiger partial charge is 0.330 e. The van der Waals surface area contributed by atoms with Crippen molar-refractivity contribution in [2.45, 2.75) is 0 Å². The third kappa shape index (κ3) is 3.26. The van der Waals surface area contributed by atoms with Crippen LogP contribution in [0.25, 0.3) is 0 Å². The Bertz CT molecular complexity index is 576. The molecular formula is C10H9BrFN5O2. The Hall–Kier alpha value is -2.00. The molecule has 0 aliphatic heterocycles. The van der Waals surface area contributed by atoms with Gasteiger partial charge in [0.05, 0.1) is 11.6 Å². The van der Waals surface area contributed by atoms with E-state index in [4.69, 9.17) is 15.3 Å². The van der Waals surface area contributed by atoms with Crippen LogP contribution in [0.15, 0.2) is 22.7 Å². The van der Waals surface area contributed by atoms with E-state index in [1.807, 2.05) is 0 Å². The van der Waals surface area contributed by atoms with Gasteiger partial charge < -0.3 is 9.47 Å². The van der Waals surface area contributed by atoms with Crippen molar-refractivity contribution in [2.75, 3.05) is 12.5 Å². The van der Waals surface area contributed by atoms with Crippen molar-refractivity contribution in [3.05, 3.63) is 28.5 Å². The van der Waals surface area contributed by atoms with Gasteiger partial charge in [-0.15, -0.1) is 4.98 Å². The zero-order valence-electron chi connectivity index (χ0n) is 9.72. The van der Waals surface area contributed by atoms with E-state index < -0.39 is 5.82 Å². The fourth-order valence-corrected chi connectivity index (χ4v) is 1.54. The van der Waals surface area contributed by atoms with Crippen LogP contribution in [-0.2, 0) is 0 Å². The summed E-state index contributed by atoms with van der Waals surface area (Å²) in [7, 11) is 1.40. The van der Waals surface area contributed by atoms with Crippen LogP contribution in [0.3, 0.4) is 0 Å². The summed E-state index contributed by atoms with van der Waals surface area (Å²) in [5.41, 5.74) is 2.26. The van der Waals surface area contributed by atoms with Gasteiger partial charge in [-0.3, -0.25) is 5.43 Å². The fraction of sp³-hybridized carbons (Fsp3) is 0.100. The van der Waals surface area contributed by atoms with E-state index in [0.717, 1.165) is 0 Å². The van der Waals surface area contributed by atoms with E-state index in [1.165, 1.54) is 25.3 Å². The molecule has 9 heteroatoms. The maximum Gasteiger partial charge on any atom is 0.330 e. The summed E-state index contributed by atoms with van der Waals surface area (Å²) in [4.78, 5) is 11.6. The SMILES string of the molecule is COc1nc(NN)nc(Oc2ccc(F)c(Br)c2)n1. The van der Waals surface area contributed by atoms with E-state index in [-0.39, 0.29) is 22.4 Å². The highest BCUT2D eigenvalue weighted by molar-refractivity contribution is 9.10. The van der Waals surface area contributed by atoms with Crippen molar-refractivity contribution in [3.8, 4) is 17.8 Å². The van der Waals surface area contributed by atoms with E-state index in [9.17, 15) is 4.39 Å². The molecule has 0 saturated carbocycles. The van der Waals surface area contributed by atoms with Gasteiger partial charge in [0.25, 0.3) is 0 Å². The van der Waals surface area contributed by atoms with E-state index in [1.54, 1.807) is 0 Å². The van der Waals surface area contributed by atoms with Gasteiger partial charge in [-0.05, 0) is 34.1 Å². The number of nitrogens with one attached hydrogen (secondary N) is 1. The summed E-state index contributed by atoms with van der Waals surface area (Å²) < 4.78 is 23.6. The first kappa shape index (κ1) is 13.4. The van der Waals surface area contributed by atoms with Gasteiger partial charge in [0.2, 0.25) is 5.95 Å². The number of ether oxygens (including phenoxy) is 2. The number of hydrogen-bond acceptors (Lipinski definition) is 7. The summed E-state index contributed by atoms with van der Waals surface area (Å²) in [5, 5.41) is 0. The molecule has 0 aliphatic rings. The predicted octanol–water partition coefficient (Wildman–Crippen LogP) is 1.86. The zero-order chi connectivity index (χ0) is 13.8. The average Bonchev–Trinajstić information content (AvgIpc) is 2.42. The zero-order valence-corrected chi connectivity index (χ0v) is 11.3. The first-order valence-corrected chi connectivity index (χ1v) is 5.81. The Morgan fingerprint density at radius 3 is 2.63 bits per heavy atom. The van der Waals surface area contributed by atoms with E-state index >= 15 is 0 Å². The van der Waals surface area contributed by atoms with Crippen LogP contribution in [0.4, 0.5) is 10.3 Å². The number of halogens is 2. The predicted molar refractivity (Wildman–Crippen MR) is 68.4 cm³/mol. The lowest BCUT2D eigenvalue weighted by Gasteiger charge is -2.07. The van der Waals surface area contributed by atoms with Crippen molar-refractivity contribution in [1.82, 2.24) is 15.0 Å². The first-order chi connectivity index (χ1) is 9.12. The largest absolute Gasteiger partial charge is 0.467 e. The molecular weight excluding hydrogens is 321 g/mol. The Kier molecular flexibility index (Phi) is 4.07. The van der Waals surface area contributed by atoms with Crippen LogP contribution in [0.1, 0.15) is 0 Å². The molecule has 0 amide bonds. The highest BCUT2D eigenvalue weighted by atomic mass is 79.9. The van der Waals surface area contributed by atoms with Crippen molar-refractivity contribution in [2.24, 2.45) is 5.84 Å². The summed E-state index contributed by atoms with van der Waals surface area (Å²) in [5.74, 6) is 5.25. The third-order valence-electron chi connectivity index (χ3n) is 2.01. The topological polar surface area (TPSA) is 95.2 Å². The molecule has 1 aromatic carbocycles. The molecule has 1 heterocycles. The Morgan fingerprint density at radius 1 is 1.26 bits per heavy atom. The quantitative estimate of drug-likeness (QED) is 0.652. The minimum Gasteiger partial charge on any atom is -0.467 e. The summed E-state index contributed by atoms with van der Waals surface area (Å²) >= 11 is 3.05. The van der Waals surface area contributed by atoms with Crippen LogP contribution in [-0.4, -0.2) is 22.1 Å². The molecule has 7 nitrogen and oxygen atoms in total. The van der Waals surface area contributed by atoms with Crippen molar-refractivity contribution in [3.63, 3.8) is 0 Å². The number of nitrogens with zero attached hydrogens (tertiary/aromatic N) is 3. The van der Waals surface area contributed by atoms with Gasteiger partial charge >= 0.3 is 12.0 Å². The maximum absolute atomic E-state index is 13.1. The van der Waals surface area contributed by atoms with Gasteiger partial charge in [-0.2, -0.15) is 9.97 Å². The summed E-state index contributed by atoms with van der Waals surface area (Å²) in [6, 6.07) is 4.14. The number of nitrogens with two attached hydrogens (primary N) is 1. The summed E-state index contributed by atoms with van der Waals surface area (Å²) in [6.45, 7) is 0. The van der Waals surface area contributed by atoms with Gasteiger partial charge in [0, 0.05) is 0 Å². The van der Waals surface area contributed by atoms with Crippen LogP contribution >= 0.6 is 15.9 Å². The van der Waals surface area contributed by atoms with Crippen LogP contribution < -0.4 is 20.7 Å². The minimum absolute atomic E-state index is 0.0293. The number of aromatic nitrogens is 3. The molecule has 0 atom stereocenters. The molecule has 19 heavy (non-hydrogen) atoms. The second-order valence-electron chi connectivity index (χ2n) is 3.25. The second kappa shape index (κ2) is 5.76. The molecule has 100 valence electrons. The Morgan fingerprint density at radius 2 is 2.00 bits per heavy atom. The Labute approximate surface area is 116 Å². The van der Waals surface area contributed by atoms with Crippen LogP contribution in [0.2, 0.25) is 0 Å². The molecule has 0 radical (unpaired) electrons. The van der Waals surface area contributed by atoms with Crippen molar-refractivity contribution in [1.29, 1.82) is 0 Å². The molecule has 0 aliphatic carbocycles. The van der Waals surface area contributed by atoms with Crippen LogP contribution in [0.5, 0.6) is 17.8 Å². The highest BCUT2D eigenvalue weighted by Gasteiger charge is 2.09. The lowest BCUT2D eigenvalue weighted by Crippen LogP contribution is -2.12. The number of benzene rings is 1. The molecule has 0 saturated heterocycles. The highest BCUT2D eigenvalue weighted by Crippen LogP contribution is 2.25. The number of hydrazine groups is 1. The van der Waals surface area contributed by atoms with Gasteiger partial charge in [0.15, 0.2) is 0 Å². The molecule has 0 fully saturated rings. The minimum atomic E-state index is -0.398. The number of hydrogen-bond donors (Lipinski definition) is 2. The monoisotopic (exact) mass is 329 g/mol. The summed E-state index contributed by atoms with van der Waals surface area (Å²) in [6.07, 6.45) is 0. The molecule has 2 rings (SSSR count). The van der Waals surface area contributed by atoms with Crippen molar-refractivity contribution >= 4 is 21.9 Å². The van der Waals surface area contributed by atoms with E-state index in [2.05, 4.69) is 36.3 Å².